The molecule has 0 radical (unpaired) electrons. The first kappa shape index (κ1) is 17.8. The fraction of sp³-hybridized carbons (Fsp3) is 0.118. The minimum atomic E-state index is -4.10. The zero-order chi connectivity index (χ0) is 18.6. The molecule has 0 bridgehead atoms. The number of rotatable bonds is 7. The number of carbonyl (C=O) groups excluding carboxylic acids is 1. The molecule has 1 heterocycles. The van der Waals surface area contributed by atoms with Crippen molar-refractivity contribution >= 4 is 36.1 Å². The van der Waals surface area contributed by atoms with Gasteiger partial charge in [-0.25, -0.2) is 14.5 Å². The fourth-order valence-corrected chi connectivity index (χ4v) is 3.18. The van der Waals surface area contributed by atoms with E-state index in [0.29, 0.717) is 18.1 Å². The van der Waals surface area contributed by atoms with E-state index in [1.807, 2.05) is 18.2 Å². The van der Waals surface area contributed by atoms with Crippen molar-refractivity contribution in [2.45, 2.75) is 6.54 Å². The van der Waals surface area contributed by atoms with E-state index in [-0.39, 0.29) is 11.8 Å². The smallest absolute Gasteiger partial charge is 0.410 e. The van der Waals surface area contributed by atoms with Gasteiger partial charge in [-0.2, -0.15) is 0 Å². The fourth-order valence-electron chi connectivity index (χ4n) is 2.41. The Balaban J connectivity index is 1.76. The number of hydrogen-bond donors (Lipinski definition) is 2. The summed E-state index contributed by atoms with van der Waals surface area (Å²) < 4.78 is 21.2. The number of fused-ring (bicyclic) bond motifs is 1. The third kappa shape index (κ3) is 3.82. The highest BCUT2D eigenvalue weighted by atomic mass is 31.2. The molecule has 0 amide bonds. The molecule has 0 fully saturated rings. The quantitative estimate of drug-likeness (QED) is 0.479. The van der Waals surface area contributed by atoms with E-state index < -0.39 is 7.60 Å². The zero-order valence-electron chi connectivity index (χ0n) is 13.8. The van der Waals surface area contributed by atoms with Gasteiger partial charge < -0.3 is 19.5 Å². The molecule has 0 aliphatic carbocycles. The van der Waals surface area contributed by atoms with Crippen molar-refractivity contribution in [1.29, 1.82) is 0 Å². The van der Waals surface area contributed by atoms with Crippen LogP contribution in [-0.4, -0.2) is 28.4 Å². The largest absolute Gasteiger partial charge is 0.497 e. The topological polar surface area (TPSA) is 111 Å². The first-order chi connectivity index (χ1) is 12.5. The average Bonchev–Trinajstić information content (AvgIpc) is 2.66. The van der Waals surface area contributed by atoms with Gasteiger partial charge in [-0.15, -0.1) is 0 Å². The lowest BCUT2D eigenvalue weighted by Crippen LogP contribution is -2.08. The number of ether oxygens (including phenoxy) is 1. The molecule has 2 aromatic carbocycles. The van der Waals surface area contributed by atoms with Gasteiger partial charge in [-0.1, -0.05) is 12.1 Å². The lowest BCUT2D eigenvalue weighted by atomic mass is 10.2. The van der Waals surface area contributed by atoms with Gasteiger partial charge in [-0.05, 0) is 29.8 Å². The van der Waals surface area contributed by atoms with Crippen LogP contribution in [0.5, 0.6) is 5.75 Å². The summed E-state index contributed by atoms with van der Waals surface area (Å²) in [6.45, 7) is 0.411. The van der Waals surface area contributed by atoms with Crippen molar-refractivity contribution in [2.75, 3.05) is 12.4 Å². The van der Waals surface area contributed by atoms with E-state index in [1.54, 1.807) is 19.2 Å². The summed E-state index contributed by atoms with van der Waals surface area (Å²) in [5.41, 5.74) is 1.62. The number of anilines is 1. The SMILES string of the molecule is COc1ccc2c(NCc3ccc(P(=O)(O)OC=O)cc3)ncnc2c1. The van der Waals surface area contributed by atoms with Crippen LogP contribution in [0.15, 0.2) is 48.8 Å². The van der Waals surface area contributed by atoms with Crippen LogP contribution in [0.4, 0.5) is 5.82 Å². The number of carbonyl (C=O) groups is 1. The van der Waals surface area contributed by atoms with Gasteiger partial charge >= 0.3 is 7.60 Å². The van der Waals surface area contributed by atoms with Crippen LogP contribution >= 0.6 is 7.60 Å². The van der Waals surface area contributed by atoms with Gasteiger partial charge in [-0.3, -0.25) is 4.79 Å². The molecule has 134 valence electrons. The Hall–Kier alpha value is -2.96. The van der Waals surface area contributed by atoms with Crippen LogP contribution in [-0.2, 0) is 20.4 Å². The molecule has 1 atom stereocenters. The molecule has 0 spiro atoms. The number of nitrogens with one attached hydrogen (secondary N) is 1. The Bertz CT molecular complexity index is 978. The monoisotopic (exact) mass is 373 g/mol. The Morgan fingerprint density at radius 3 is 2.65 bits per heavy atom. The zero-order valence-corrected chi connectivity index (χ0v) is 14.7. The van der Waals surface area contributed by atoms with Crippen molar-refractivity contribution in [2.24, 2.45) is 0 Å². The number of nitrogens with zero attached hydrogens (tertiary/aromatic N) is 2. The number of aromatic nitrogens is 2. The maximum absolute atomic E-state index is 11.8. The van der Waals surface area contributed by atoms with Gasteiger partial charge in [0.05, 0.1) is 17.9 Å². The van der Waals surface area contributed by atoms with Crippen molar-refractivity contribution in [1.82, 2.24) is 9.97 Å². The highest BCUT2D eigenvalue weighted by Gasteiger charge is 2.22. The van der Waals surface area contributed by atoms with Crippen molar-refractivity contribution in [3.8, 4) is 5.75 Å². The standard InChI is InChI=1S/C17H16N3O5P/c1-24-13-4-7-15-16(8-13)19-10-20-17(15)18-9-12-2-5-14(6-3-12)26(22,23)25-11-21/h2-8,10-11H,9H2,1H3,(H,22,23)(H,18,19,20). The van der Waals surface area contributed by atoms with Gasteiger partial charge in [0.25, 0.3) is 6.47 Å². The normalized spacial score (nSPS) is 13.0. The first-order valence-electron chi connectivity index (χ1n) is 7.60. The minimum absolute atomic E-state index is 0.0363. The second-order valence-electron chi connectivity index (χ2n) is 5.35. The summed E-state index contributed by atoms with van der Waals surface area (Å²) in [4.78, 5) is 28.4. The molecule has 0 saturated carbocycles. The van der Waals surface area contributed by atoms with Crippen LogP contribution in [0.1, 0.15) is 5.56 Å². The van der Waals surface area contributed by atoms with Crippen LogP contribution in [0, 0.1) is 0 Å². The van der Waals surface area contributed by atoms with Crippen molar-refractivity contribution in [3.05, 3.63) is 54.4 Å². The Morgan fingerprint density at radius 2 is 1.96 bits per heavy atom. The van der Waals surface area contributed by atoms with E-state index in [9.17, 15) is 14.3 Å². The summed E-state index contributed by atoms with van der Waals surface area (Å²) in [5, 5.41) is 4.11. The van der Waals surface area contributed by atoms with E-state index in [1.165, 1.54) is 18.5 Å². The molecule has 2 N–H and O–H groups in total. The molecular formula is C17H16N3O5P. The lowest BCUT2D eigenvalue weighted by molar-refractivity contribution is -0.120. The van der Waals surface area contributed by atoms with E-state index >= 15 is 0 Å². The first-order valence-corrected chi connectivity index (χ1v) is 9.18. The Kier molecular flexibility index (Phi) is 5.16. The molecule has 9 heteroatoms. The van der Waals surface area contributed by atoms with Gasteiger partial charge in [0, 0.05) is 18.0 Å². The Morgan fingerprint density at radius 1 is 1.19 bits per heavy atom. The van der Waals surface area contributed by atoms with E-state index in [4.69, 9.17) is 4.74 Å². The van der Waals surface area contributed by atoms with Gasteiger partial charge in [0.1, 0.15) is 17.9 Å². The number of methoxy groups -OCH3 is 1. The summed E-state index contributed by atoms with van der Waals surface area (Å²) in [6.07, 6.45) is 1.46. The molecular weight excluding hydrogens is 357 g/mol. The summed E-state index contributed by atoms with van der Waals surface area (Å²) in [6, 6.07) is 11.8. The molecule has 0 aliphatic rings. The maximum Gasteiger partial charge on any atom is 0.410 e. The predicted molar refractivity (Wildman–Crippen MR) is 96.5 cm³/mol. The maximum atomic E-state index is 11.8. The average molecular weight is 373 g/mol. The molecule has 0 saturated heterocycles. The van der Waals surface area contributed by atoms with Gasteiger partial charge in [0.15, 0.2) is 0 Å². The molecule has 3 rings (SSSR count). The van der Waals surface area contributed by atoms with Crippen LogP contribution in [0.25, 0.3) is 10.9 Å². The third-order valence-electron chi connectivity index (χ3n) is 3.75. The van der Waals surface area contributed by atoms with Crippen LogP contribution < -0.4 is 15.4 Å². The van der Waals surface area contributed by atoms with Gasteiger partial charge in [0.2, 0.25) is 0 Å². The molecule has 26 heavy (non-hydrogen) atoms. The number of hydrogen-bond acceptors (Lipinski definition) is 7. The van der Waals surface area contributed by atoms with Crippen molar-refractivity contribution in [3.63, 3.8) is 0 Å². The molecule has 3 aromatic rings. The molecule has 1 unspecified atom stereocenters. The minimum Gasteiger partial charge on any atom is -0.497 e. The van der Waals surface area contributed by atoms with Crippen LogP contribution in [0.3, 0.4) is 0 Å². The number of benzene rings is 2. The summed E-state index contributed by atoms with van der Waals surface area (Å²) in [5.74, 6) is 1.38. The predicted octanol–water partition coefficient (Wildman–Crippen LogP) is 2.23. The second-order valence-corrected chi connectivity index (χ2v) is 7.12. The third-order valence-corrected chi connectivity index (χ3v) is 5.07. The van der Waals surface area contributed by atoms with Crippen molar-refractivity contribution < 1.29 is 23.5 Å². The summed E-state index contributed by atoms with van der Waals surface area (Å²) in [7, 11) is -2.51. The highest BCUT2D eigenvalue weighted by molar-refractivity contribution is 7.61. The highest BCUT2D eigenvalue weighted by Crippen LogP contribution is 2.39. The molecule has 1 aromatic heterocycles. The van der Waals surface area contributed by atoms with Crippen LogP contribution in [0.2, 0.25) is 0 Å². The summed E-state index contributed by atoms with van der Waals surface area (Å²) >= 11 is 0. The second kappa shape index (κ2) is 7.51. The van der Waals surface area contributed by atoms with E-state index in [0.717, 1.165) is 16.5 Å². The molecule has 0 aliphatic heterocycles. The van der Waals surface area contributed by atoms with E-state index in [2.05, 4.69) is 19.8 Å². The Labute approximate surface area is 149 Å². The molecule has 8 nitrogen and oxygen atoms in total. The lowest BCUT2D eigenvalue weighted by Gasteiger charge is -2.11.